The van der Waals surface area contributed by atoms with Crippen molar-refractivity contribution in [2.24, 2.45) is 5.92 Å². The van der Waals surface area contributed by atoms with Crippen molar-refractivity contribution in [3.05, 3.63) is 0 Å². The summed E-state index contributed by atoms with van der Waals surface area (Å²) in [6.45, 7) is 7.34. The highest BCUT2D eigenvalue weighted by Crippen LogP contribution is 2.09. The van der Waals surface area contributed by atoms with E-state index in [0.29, 0.717) is 19.8 Å². The van der Waals surface area contributed by atoms with Crippen LogP contribution in [0.4, 0.5) is 0 Å². The van der Waals surface area contributed by atoms with Gasteiger partial charge >= 0.3 is 0 Å². The second-order valence-corrected chi connectivity index (χ2v) is 3.28. The molecule has 1 heterocycles. The molecule has 0 bridgehead atoms. The number of nitrogens with one attached hydrogen (secondary N) is 2. The SMILES string of the molecule is CC.CCOCCNC(=O)C1C(=O)NCC1O. The van der Waals surface area contributed by atoms with E-state index in [2.05, 4.69) is 10.6 Å². The molecule has 0 aromatic rings. The summed E-state index contributed by atoms with van der Waals surface area (Å²) in [5.41, 5.74) is 0. The fourth-order valence-corrected chi connectivity index (χ4v) is 1.40. The maximum Gasteiger partial charge on any atom is 0.235 e. The van der Waals surface area contributed by atoms with Crippen molar-refractivity contribution in [2.45, 2.75) is 26.9 Å². The van der Waals surface area contributed by atoms with Gasteiger partial charge in [-0.1, -0.05) is 13.8 Å². The molecule has 2 atom stereocenters. The van der Waals surface area contributed by atoms with Gasteiger partial charge in [0.2, 0.25) is 11.8 Å². The number of carbonyl (C=O) groups is 2. The summed E-state index contributed by atoms with van der Waals surface area (Å²) in [6.07, 6.45) is -0.926. The van der Waals surface area contributed by atoms with Gasteiger partial charge in [-0.15, -0.1) is 0 Å². The maximum atomic E-state index is 11.4. The average molecular weight is 246 g/mol. The molecule has 2 unspecified atom stereocenters. The Morgan fingerprint density at radius 2 is 2.24 bits per heavy atom. The van der Waals surface area contributed by atoms with Crippen LogP contribution in [0.15, 0.2) is 0 Å². The highest BCUT2D eigenvalue weighted by atomic mass is 16.5. The summed E-state index contributed by atoms with van der Waals surface area (Å²) in [5, 5.41) is 14.3. The van der Waals surface area contributed by atoms with Crippen LogP contribution in [0, 0.1) is 5.92 Å². The standard InChI is InChI=1S/C9H16N2O4.C2H6/c1-2-15-4-3-10-8(13)7-6(12)5-11-9(7)14;1-2/h6-7,12H,2-5H2,1H3,(H,10,13)(H,11,14);1-2H3. The molecule has 1 rings (SSSR count). The van der Waals surface area contributed by atoms with Crippen molar-refractivity contribution in [3.8, 4) is 0 Å². The summed E-state index contributed by atoms with van der Waals surface area (Å²) in [7, 11) is 0. The van der Waals surface area contributed by atoms with Gasteiger partial charge in [0, 0.05) is 19.7 Å². The summed E-state index contributed by atoms with van der Waals surface area (Å²) >= 11 is 0. The zero-order valence-corrected chi connectivity index (χ0v) is 10.7. The lowest BCUT2D eigenvalue weighted by Crippen LogP contribution is -2.40. The van der Waals surface area contributed by atoms with Crippen LogP contribution in [0.3, 0.4) is 0 Å². The van der Waals surface area contributed by atoms with Crippen LogP contribution in [0.25, 0.3) is 0 Å². The van der Waals surface area contributed by atoms with Gasteiger partial charge in [-0.25, -0.2) is 0 Å². The van der Waals surface area contributed by atoms with Gasteiger partial charge in [0.1, 0.15) is 5.92 Å². The molecule has 0 radical (unpaired) electrons. The fraction of sp³-hybridized carbons (Fsp3) is 0.818. The van der Waals surface area contributed by atoms with Crippen molar-refractivity contribution >= 4 is 11.8 Å². The number of hydrogen-bond donors (Lipinski definition) is 3. The smallest absolute Gasteiger partial charge is 0.235 e. The monoisotopic (exact) mass is 246 g/mol. The molecule has 0 aliphatic carbocycles. The van der Waals surface area contributed by atoms with Gasteiger partial charge in [-0.05, 0) is 6.92 Å². The van der Waals surface area contributed by atoms with E-state index >= 15 is 0 Å². The minimum Gasteiger partial charge on any atom is -0.390 e. The highest BCUT2D eigenvalue weighted by Gasteiger charge is 2.38. The molecular weight excluding hydrogens is 224 g/mol. The van der Waals surface area contributed by atoms with E-state index in [-0.39, 0.29) is 6.54 Å². The fourth-order valence-electron chi connectivity index (χ4n) is 1.40. The molecule has 1 aliphatic heterocycles. The molecule has 100 valence electrons. The first-order valence-corrected chi connectivity index (χ1v) is 5.98. The van der Waals surface area contributed by atoms with Crippen molar-refractivity contribution in [1.29, 1.82) is 0 Å². The minimum absolute atomic E-state index is 0.141. The van der Waals surface area contributed by atoms with Crippen molar-refractivity contribution in [3.63, 3.8) is 0 Å². The first-order valence-electron chi connectivity index (χ1n) is 5.98. The van der Waals surface area contributed by atoms with Gasteiger partial charge in [0.15, 0.2) is 0 Å². The zero-order chi connectivity index (χ0) is 13.3. The number of carbonyl (C=O) groups excluding carboxylic acids is 2. The zero-order valence-electron chi connectivity index (χ0n) is 10.7. The van der Waals surface area contributed by atoms with E-state index in [1.807, 2.05) is 20.8 Å². The molecule has 0 aromatic heterocycles. The molecule has 3 N–H and O–H groups in total. The third-order valence-electron chi connectivity index (χ3n) is 2.18. The van der Waals surface area contributed by atoms with E-state index in [9.17, 15) is 14.7 Å². The van der Waals surface area contributed by atoms with Gasteiger partial charge < -0.3 is 20.5 Å². The van der Waals surface area contributed by atoms with Crippen LogP contribution in [0.1, 0.15) is 20.8 Å². The molecule has 0 spiro atoms. The van der Waals surface area contributed by atoms with Crippen LogP contribution in [0.2, 0.25) is 0 Å². The van der Waals surface area contributed by atoms with E-state index in [4.69, 9.17) is 4.74 Å². The summed E-state index contributed by atoms with van der Waals surface area (Å²) in [6, 6.07) is 0. The number of hydrogen-bond acceptors (Lipinski definition) is 4. The Hall–Kier alpha value is -1.14. The van der Waals surface area contributed by atoms with Crippen molar-refractivity contribution in [2.75, 3.05) is 26.3 Å². The lowest BCUT2D eigenvalue weighted by atomic mass is 10.1. The maximum absolute atomic E-state index is 11.4. The Morgan fingerprint density at radius 1 is 1.59 bits per heavy atom. The third-order valence-corrected chi connectivity index (χ3v) is 2.18. The topological polar surface area (TPSA) is 87.7 Å². The van der Waals surface area contributed by atoms with Gasteiger partial charge in [-0.3, -0.25) is 9.59 Å². The Labute approximate surface area is 102 Å². The van der Waals surface area contributed by atoms with E-state index in [1.54, 1.807) is 0 Å². The van der Waals surface area contributed by atoms with Gasteiger partial charge in [0.25, 0.3) is 0 Å². The first-order chi connectivity index (χ1) is 8.16. The van der Waals surface area contributed by atoms with E-state index < -0.39 is 23.8 Å². The average Bonchev–Trinajstić information content (AvgIpc) is 2.67. The Balaban J connectivity index is 0.00000121. The number of aliphatic hydroxyl groups excluding tert-OH is 1. The van der Waals surface area contributed by atoms with Crippen LogP contribution in [0.5, 0.6) is 0 Å². The molecule has 2 amide bonds. The van der Waals surface area contributed by atoms with Crippen molar-refractivity contribution < 1.29 is 19.4 Å². The Bertz CT molecular complexity index is 246. The molecule has 6 nitrogen and oxygen atoms in total. The highest BCUT2D eigenvalue weighted by molar-refractivity contribution is 6.02. The summed E-state index contributed by atoms with van der Waals surface area (Å²) < 4.78 is 5.02. The van der Waals surface area contributed by atoms with E-state index in [0.717, 1.165) is 0 Å². The largest absolute Gasteiger partial charge is 0.390 e. The second-order valence-electron chi connectivity index (χ2n) is 3.28. The molecule has 1 saturated heterocycles. The lowest BCUT2D eigenvalue weighted by Gasteiger charge is -2.11. The number of aliphatic hydroxyl groups is 1. The van der Waals surface area contributed by atoms with Crippen LogP contribution in [-0.2, 0) is 14.3 Å². The number of amides is 2. The molecule has 1 aliphatic rings. The molecule has 0 saturated carbocycles. The minimum atomic E-state index is -0.980. The molecule has 0 aromatic carbocycles. The van der Waals surface area contributed by atoms with Crippen LogP contribution < -0.4 is 10.6 Å². The van der Waals surface area contributed by atoms with Crippen molar-refractivity contribution in [1.82, 2.24) is 10.6 Å². The first kappa shape index (κ1) is 15.9. The second kappa shape index (κ2) is 8.95. The quantitative estimate of drug-likeness (QED) is 0.441. The van der Waals surface area contributed by atoms with E-state index in [1.165, 1.54) is 0 Å². The molecule has 1 fully saturated rings. The third kappa shape index (κ3) is 5.14. The summed E-state index contributed by atoms with van der Waals surface area (Å²) in [5.74, 6) is -1.85. The number of rotatable bonds is 5. The Morgan fingerprint density at radius 3 is 2.71 bits per heavy atom. The number of ether oxygens (including phenoxy) is 1. The predicted octanol–water partition coefficient (Wildman–Crippen LogP) is -0.728. The Kier molecular flexibility index (Phi) is 8.35. The van der Waals surface area contributed by atoms with Gasteiger partial charge in [0.05, 0.1) is 12.7 Å². The molecule has 17 heavy (non-hydrogen) atoms. The number of β-amino-alcohol motifs (C(OH)–C–C–N with tert-alkyl or cyclic N) is 1. The molecular formula is C11H22N2O4. The summed E-state index contributed by atoms with van der Waals surface area (Å²) in [4.78, 5) is 22.6. The lowest BCUT2D eigenvalue weighted by molar-refractivity contribution is -0.135. The van der Waals surface area contributed by atoms with Gasteiger partial charge in [-0.2, -0.15) is 0 Å². The van der Waals surface area contributed by atoms with Crippen LogP contribution >= 0.6 is 0 Å². The predicted molar refractivity (Wildman–Crippen MR) is 63.4 cm³/mol. The molecule has 6 heteroatoms. The van der Waals surface area contributed by atoms with Crippen LogP contribution in [-0.4, -0.2) is 49.3 Å². The normalized spacial score (nSPS) is 22.5.